The van der Waals surface area contributed by atoms with Crippen LogP contribution in [0.2, 0.25) is 0 Å². The summed E-state index contributed by atoms with van der Waals surface area (Å²) in [5.41, 5.74) is 3.15. The van der Waals surface area contributed by atoms with E-state index in [1.807, 2.05) is 18.3 Å². The molecule has 134 valence electrons. The Labute approximate surface area is 149 Å². The number of phenols is 1. The fourth-order valence-electron chi connectivity index (χ4n) is 3.52. The number of carbonyl (C=O) groups is 1. The van der Waals surface area contributed by atoms with Crippen LogP contribution in [0.1, 0.15) is 62.9 Å². The lowest BCUT2D eigenvalue weighted by Gasteiger charge is -2.28. The minimum Gasteiger partial charge on any atom is -0.508 e. The number of hydrogen-bond acceptors (Lipinski definition) is 3. The van der Waals surface area contributed by atoms with E-state index in [0.717, 1.165) is 30.4 Å². The maximum absolute atomic E-state index is 12.4. The molecule has 0 fully saturated rings. The molecule has 1 unspecified atom stereocenters. The zero-order valence-corrected chi connectivity index (χ0v) is 15.2. The number of amides is 1. The number of para-hydroxylation sites is 1. The summed E-state index contributed by atoms with van der Waals surface area (Å²) in [5, 5.41) is 17.5. The van der Waals surface area contributed by atoms with Crippen molar-refractivity contribution in [3.05, 3.63) is 47.3 Å². The van der Waals surface area contributed by atoms with Gasteiger partial charge in [-0.1, -0.05) is 18.2 Å². The lowest BCUT2D eigenvalue weighted by molar-refractivity contribution is -0.121. The van der Waals surface area contributed by atoms with Crippen molar-refractivity contribution in [3.8, 4) is 5.75 Å². The van der Waals surface area contributed by atoms with Crippen LogP contribution < -0.4 is 5.32 Å². The van der Waals surface area contributed by atoms with Crippen LogP contribution in [0.3, 0.4) is 0 Å². The molecule has 0 radical (unpaired) electrons. The van der Waals surface area contributed by atoms with Gasteiger partial charge in [0.05, 0.1) is 17.8 Å². The lowest BCUT2D eigenvalue weighted by Crippen LogP contribution is -2.32. The van der Waals surface area contributed by atoms with E-state index in [1.165, 1.54) is 5.69 Å². The predicted octanol–water partition coefficient (Wildman–Crippen LogP) is 3.47. The molecule has 1 heterocycles. The average molecular weight is 341 g/mol. The van der Waals surface area contributed by atoms with Crippen molar-refractivity contribution >= 4 is 5.91 Å². The van der Waals surface area contributed by atoms with Gasteiger partial charge in [0.2, 0.25) is 5.91 Å². The van der Waals surface area contributed by atoms with Crippen molar-refractivity contribution in [1.29, 1.82) is 0 Å². The topological polar surface area (TPSA) is 67.2 Å². The molecule has 1 aliphatic rings. The number of aryl methyl sites for hydroxylation is 1. The number of hydrogen-bond donors (Lipinski definition) is 2. The van der Waals surface area contributed by atoms with Crippen molar-refractivity contribution in [2.45, 2.75) is 64.5 Å². The van der Waals surface area contributed by atoms with E-state index in [0.29, 0.717) is 12.8 Å². The summed E-state index contributed by atoms with van der Waals surface area (Å²) in [6.45, 7) is 6.44. The van der Waals surface area contributed by atoms with Crippen LogP contribution >= 0.6 is 0 Å². The van der Waals surface area contributed by atoms with Gasteiger partial charge >= 0.3 is 0 Å². The van der Waals surface area contributed by atoms with E-state index in [1.54, 1.807) is 12.1 Å². The Balaban J connectivity index is 1.66. The van der Waals surface area contributed by atoms with Crippen LogP contribution in [0.4, 0.5) is 0 Å². The molecule has 1 atom stereocenters. The molecule has 0 spiro atoms. The first-order valence-electron chi connectivity index (χ1n) is 9.00. The predicted molar refractivity (Wildman–Crippen MR) is 97.5 cm³/mol. The molecule has 0 aliphatic heterocycles. The Morgan fingerprint density at radius 2 is 2.12 bits per heavy atom. The quantitative estimate of drug-likeness (QED) is 0.895. The number of phenolic OH excluding ortho intramolecular Hbond substituents is 1. The smallest absolute Gasteiger partial charge is 0.220 e. The highest BCUT2D eigenvalue weighted by molar-refractivity contribution is 5.77. The molecule has 2 N–H and O–H groups in total. The largest absolute Gasteiger partial charge is 0.508 e. The third-order valence-corrected chi connectivity index (χ3v) is 4.77. The molecule has 25 heavy (non-hydrogen) atoms. The van der Waals surface area contributed by atoms with Gasteiger partial charge in [0, 0.05) is 17.7 Å². The average Bonchev–Trinajstić information content (AvgIpc) is 2.99. The molecule has 5 nitrogen and oxygen atoms in total. The van der Waals surface area contributed by atoms with Crippen LogP contribution in [-0.4, -0.2) is 20.8 Å². The second kappa shape index (κ2) is 6.90. The summed E-state index contributed by atoms with van der Waals surface area (Å²) in [6, 6.07) is 7.21. The fraction of sp³-hybridized carbons (Fsp3) is 0.500. The summed E-state index contributed by atoms with van der Waals surface area (Å²) in [4.78, 5) is 12.4. The number of rotatable bonds is 4. The van der Waals surface area contributed by atoms with Gasteiger partial charge in [-0.3, -0.25) is 9.48 Å². The van der Waals surface area contributed by atoms with Crippen LogP contribution in [-0.2, 0) is 23.2 Å². The Morgan fingerprint density at radius 3 is 2.84 bits per heavy atom. The second-order valence-electron chi connectivity index (χ2n) is 7.77. The summed E-state index contributed by atoms with van der Waals surface area (Å²) in [7, 11) is 0. The number of nitrogens with zero attached hydrogens (tertiary/aromatic N) is 2. The fourth-order valence-corrected chi connectivity index (χ4v) is 3.52. The van der Waals surface area contributed by atoms with Crippen LogP contribution in [0, 0.1) is 0 Å². The zero-order valence-electron chi connectivity index (χ0n) is 15.2. The van der Waals surface area contributed by atoms with Gasteiger partial charge in [-0.2, -0.15) is 5.10 Å². The number of carbonyl (C=O) groups excluding carboxylic acids is 1. The van der Waals surface area contributed by atoms with Gasteiger partial charge in [-0.05, 0) is 58.1 Å². The van der Waals surface area contributed by atoms with Crippen molar-refractivity contribution in [3.63, 3.8) is 0 Å². The van der Waals surface area contributed by atoms with Crippen molar-refractivity contribution in [1.82, 2.24) is 15.1 Å². The third kappa shape index (κ3) is 3.86. The number of aromatic hydroxyl groups is 1. The van der Waals surface area contributed by atoms with Crippen LogP contribution in [0.25, 0.3) is 0 Å². The Kier molecular flexibility index (Phi) is 4.84. The lowest BCUT2D eigenvalue weighted by atomic mass is 9.92. The Bertz CT molecular complexity index is 759. The minimum atomic E-state index is -0.0513. The maximum atomic E-state index is 12.4. The standard InChI is InChI=1S/C20H27N3O2/c1-20(2,3)23-17-9-6-8-16(15(17)13-21-23)22-19(25)12-11-14-7-4-5-10-18(14)24/h4-5,7,10,13,16,24H,6,8-9,11-12H2,1-3H3,(H,22,25). The van der Waals surface area contributed by atoms with E-state index in [2.05, 4.69) is 35.9 Å². The number of fused-ring (bicyclic) bond motifs is 1. The van der Waals surface area contributed by atoms with Crippen LogP contribution in [0.15, 0.2) is 30.5 Å². The van der Waals surface area contributed by atoms with E-state index in [4.69, 9.17) is 0 Å². The van der Waals surface area contributed by atoms with Crippen LogP contribution in [0.5, 0.6) is 5.75 Å². The van der Waals surface area contributed by atoms with Crippen molar-refractivity contribution in [2.24, 2.45) is 0 Å². The van der Waals surface area contributed by atoms with Gasteiger partial charge in [-0.25, -0.2) is 0 Å². The molecule has 1 aromatic heterocycles. The van der Waals surface area contributed by atoms with Gasteiger partial charge in [0.1, 0.15) is 5.75 Å². The SMILES string of the molecule is CC(C)(C)n1ncc2c1CCCC2NC(=O)CCc1ccccc1O. The number of aromatic nitrogens is 2. The molecule has 0 bridgehead atoms. The van der Waals surface area contributed by atoms with E-state index >= 15 is 0 Å². The van der Waals surface area contributed by atoms with Gasteiger partial charge < -0.3 is 10.4 Å². The van der Waals surface area contributed by atoms with Gasteiger partial charge in [0.15, 0.2) is 0 Å². The van der Waals surface area contributed by atoms with E-state index < -0.39 is 0 Å². The summed E-state index contributed by atoms with van der Waals surface area (Å²) >= 11 is 0. The summed E-state index contributed by atoms with van der Waals surface area (Å²) in [6.07, 6.45) is 5.84. The third-order valence-electron chi connectivity index (χ3n) is 4.77. The summed E-state index contributed by atoms with van der Waals surface area (Å²) in [5.74, 6) is 0.270. The first kappa shape index (κ1) is 17.5. The second-order valence-corrected chi connectivity index (χ2v) is 7.77. The summed E-state index contributed by atoms with van der Waals surface area (Å²) < 4.78 is 2.09. The molecular formula is C20H27N3O2. The molecule has 1 aromatic carbocycles. The normalized spacial score (nSPS) is 17.2. The van der Waals surface area contributed by atoms with Crippen molar-refractivity contribution < 1.29 is 9.90 Å². The van der Waals surface area contributed by atoms with Gasteiger partial charge in [-0.15, -0.1) is 0 Å². The molecule has 0 saturated carbocycles. The number of benzene rings is 1. The highest BCUT2D eigenvalue weighted by atomic mass is 16.3. The minimum absolute atomic E-state index is 0.0182. The highest BCUT2D eigenvalue weighted by Gasteiger charge is 2.28. The Morgan fingerprint density at radius 1 is 1.36 bits per heavy atom. The van der Waals surface area contributed by atoms with E-state index in [9.17, 15) is 9.90 Å². The zero-order chi connectivity index (χ0) is 18.0. The van der Waals surface area contributed by atoms with E-state index in [-0.39, 0.29) is 23.2 Å². The molecular weight excluding hydrogens is 314 g/mol. The number of nitrogens with one attached hydrogen (secondary N) is 1. The molecule has 3 rings (SSSR count). The van der Waals surface area contributed by atoms with Gasteiger partial charge in [0.25, 0.3) is 0 Å². The van der Waals surface area contributed by atoms with Crippen molar-refractivity contribution in [2.75, 3.05) is 0 Å². The first-order chi connectivity index (χ1) is 11.9. The molecule has 1 aliphatic carbocycles. The molecule has 2 aromatic rings. The highest BCUT2D eigenvalue weighted by Crippen LogP contribution is 2.32. The molecule has 5 heteroatoms. The monoisotopic (exact) mass is 341 g/mol. The first-order valence-corrected chi connectivity index (χ1v) is 9.00. The Hall–Kier alpha value is -2.30. The molecule has 0 saturated heterocycles. The maximum Gasteiger partial charge on any atom is 0.220 e. The molecule has 1 amide bonds.